The van der Waals surface area contributed by atoms with Gasteiger partial charge in [-0.25, -0.2) is 4.98 Å². The van der Waals surface area contributed by atoms with Gasteiger partial charge in [0.2, 0.25) is 0 Å². The molecule has 0 aliphatic carbocycles. The highest BCUT2D eigenvalue weighted by molar-refractivity contribution is 6.13. The molecule has 0 aliphatic heterocycles. The van der Waals surface area contributed by atoms with Crippen LogP contribution >= 0.6 is 0 Å². The Kier molecular flexibility index (Phi) is 11.3. The van der Waals surface area contributed by atoms with E-state index in [9.17, 15) is 26.3 Å². The first-order valence-corrected chi connectivity index (χ1v) is 25.2. The van der Waals surface area contributed by atoms with Crippen molar-refractivity contribution in [3.8, 4) is 109 Å². The maximum Gasteiger partial charge on any atom is 0.101 e. The lowest BCUT2D eigenvalue weighted by Gasteiger charge is -2.19. The quantitative estimate of drug-likeness (QED) is 0.148. The molecule has 10 aromatic carbocycles. The summed E-state index contributed by atoms with van der Waals surface area (Å²) >= 11 is 0. The topological polar surface area (TPSA) is 142 Å². The van der Waals surface area contributed by atoms with E-state index in [2.05, 4.69) is 130 Å². The van der Waals surface area contributed by atoms with Gasteiger partial charge in [0, 0.05) is 32.7 Å². The Hall–Kier alpha value is -11.6. The second-order valence-corrected chi connectivity index (χ2v) is 19.1. The van der Waals surface area contributed by atoms with Gasteiger partial charge in [-0.3, -0.25) is 0 Å². The van der Waals surface area contributed by atoms with E-state index in [1.807, 2.05) is 140 Å². The molecule has 3 heterocycles. The van der Waals surface area contributed by atoms with Crippen molar-refractivity contribution < 1.29 is 0 Å². The first-order valence-electron chi connectivity index (χ1n) is 25.2. The lowest BCUT2D eigenvalue weighted by molar-refractivity contribution is 1.13. The zero-order chi connectivity index (χ0) is 52.9. The van der Waals surface area contributed by atoms with Crippen LogP contribution in [0.25, 0.3) is 122 Å². The second-order valence-electron chi connectivity index (χ2n) is 19.1. The number of nitrogens with zero attached hydrogens (tertiary/aromatic N) is 8. The average Bonchev–Trinajstić information content (AvgIpc) is 4.25. The van der Waals surface area contributed by atoms with Crippen molar-refractivity contribution >= 4 is 43.6 Å². The van der Waals surface area contributed by atoms with Crippen molar-refractivity contribution in [1.29, 1.82) is 26.3 Å². The number of pyridine rings is 1. The molecule has 0 unspecified atom stereocenters. The molecule has 0 bridgehead atoms. The fraction of sp³-hybridized carbons (Fsp3) is 0. The minimum absolute atomic E-state index is 0.417. The van der Waals surface area contributed by atoms with Crippen LogP contribution in [0.4, 0.5) is 0 Å². The molecule has 358 valence electrons. The van der Waals surface area contributed by atoms with Gasteiger partial charge in [-0.15, -0.1) is 0 Å². The van der Waals surface area contributed by atoms with Crippen LogP contribution in [0.2, 0.25) is 0 Å². The van der Waals surface area contributed by atoms with Gasteiger partial charge in [-0.05, 0) is 142 Å². The zero-order valence-corrected chi connectivity index (χ0v) is 41.5. The molecular weight excluding hydrogens is 953 g/mol. The summed E-state index contributed by atoms with van der Waals surface area (Å²) in [6.07, 6.45) is 0. The third kappa shape index (κ3) is 7.95. The number of nitriles is 5. The minimum Gasteiger partial charge on any atom is -0.308 e. The van der Waals surface area contributed by atoms with Crippen LogP contribution in [-0.4, -0.2) is 14.1 Å². The van der Waals surface area contributed by atoms with Crippen LogP contribution in [0.3, 0.4) is 0 Å². The molecule has 0 amide bonds. The Bertz CT molecular complexity index is 4570. The average molecular weight is 991 g/mol. The molecule has 8 heteroatoms. The van der Waals surface area contributed by atoms with Gasteiger partial charge >= 0.3 is 0 Å². The Balaban J connectivity index is 1.14. The number of fused-ring (bicyclic) bond motifs is 6. The number of hydrogen-bond acceptors (Lipinski definition) is 6. The maximum atomic E-state index is 11.7. The Morgan fingerprint density at radius 3 is 0.974 bits per heavy atom. The molecule has 3 aromatic heterocycles. The molecular formula is C70H38N8. The minimum atomic E-state index is 0.417. The first kappa shape index (κ1) is 46.2. The lowest BCUT2D eigenvalue weighted by Crippen LogP contribution is -2.05. The van der Waals surface area contributed by atoms with Crippen molar-refractivity contribution in [2.75, 3.05) is 0 Å². The molecule has 13 rings (SSSR count). The fourth-order valence-electron chi connectivity index (χ4n) is 10.8. The molecule has 0 spiro atoms. The van der Waals surface area contributed by atoms with Crippen molar-refractivity contribution in [3.63, 3.8) is 0 Å². The Labute approximate surface area is 448 Å². The normalized spacial score (nSPS) is 11.0. The van der Waals surface area contributed by atoms with E-state index in [-0.39, 0.29) is 0 Å². The summed E-state index contributed by atoms with van der Waals surface area (Å²) in [5.74, 6) is 0. The third-order valence-electron chi connectivity index (χ3n) is 14.7. The van der Waals surface area contributed by atoms with Gasteiger partial charge < -0.3 is 9.13 Å². The van der Waals surface area contributed by atoms with E-state index in [1.54, 1.807) is 0 Å². The number of aromatic nitrogens is 3. The molecule has 13 aromatic rings. The SMILES string of the molecule is N#Cc1ccc(-c2ccc3c4ccc(-c5ccc(C#N)cc5)cc4n(-c4cc(-c5cccc(-c6ccccc6)n5)c(-n5c6cc(-c7ccc(C#N)cc7)ccc6c6ccc(-c7ccc(C#N)cc7)cc65)cc4C#N)c3c2)cc1. The van der Waals surface area contributed by atoms with E-state index in [0.29, 0.717) is 39.2 Å². The molecule has 0 radical (unpaired) electrons. The summed E-state index contributed by atoms with van der Waals surface area (Å²) in [5, 5.41) is 54.4. The lowest BCUT2D eigenvalue weighted by atomic mass is 10.0. The first-order chi connectivity index (χ1) is 38.4. The van der Waals surface area contributed by atoms with Crippen molar-refractivity contribution in [2.45, 2.75) is 0 Å². The third-order valence-corrected chi connectivity index (χ3v) is 14.7. The fourth-order valence-corrected chi connectivity index (χ4v) is 10.8. The molecule has 0 aliphatic rings. The summed E-state index contributed by atoms with van der Waals surface area (Å²) in [6, 6.07) is 87.8. The number of hydrogen-bond donors (Lipinski definition) is 0. The predicted octanol–water partition coefficient (Wildman–Crippen LogP) is 16.6. The smallest absolute Gasteiger partial charge is 0.101 e. The number of benzene rings is 10. The largest absolute Gasteiger partial charge is 0.308 e. The van der Waals surface area contributed by atoms with Crippen LogP contribution in [-0.2, 0) is 0 Å². The van der Waals surface area contributed by atoms with Crippen LogP contribution in [0.1, 0.15) is 27.8 Å². The van der Waals surface area contributed by atoms with E-state index in [0.717, 1.165) is 111 Å². The maximum absolute atomic E-state index is 11.7. The highest BCUT2D eigenvalue weighted by Crippen LogP contribution is 2.44. The van der Waals surface area contributed by atoms with Gasteiger partial charge in [0.25, 0.3) is 0 Å². The van der Waals surface area contributed by atoms with Crippen molar-refractivity contribution in [2.24, 2.45) is 0 Å². The molecule has 8 nitrogen and oxygen atoms in total. The highest BCUT2D eigenvalue weighted by atomic mass is 15.0. The highest BCUT2D eigenvalue weighted by Gasteiger charge is 2.24. The van der Waals surface area contributed by atoms with Gasteiger partial charge in [0.05, 0.1) is 96.9 Å². The van der Waals surface area contributed by atoms with Crippen LogP contribution in [0, 0.1) is 56.7 Å². The summed E-state index contributed by atoms with van der Waals surface area (Å²) < 4.78 is 4.44. The summed E-state index contributed by atoms with van der Waals surface area (Å²) in [7, 11) is 0. The number of rotatable bonds is 8. The molecule has 0 saturated carbocycles. The van der Waals surface area contributed by atoms with Gasteiger partial charge in [0.1, 0.15) is 6.07 Å². The molecule has 0 fully saturated rings. The van der Waals surface area contributed by atoms with Crippen LogP contribution in [0.5, 0.6) is 0 Å². The summed E-state index contributed by atoms with van der Waals surface area (Å²) in [4.78, 5) is 5.44. The van der Waals surface area contributed by atoms with Gasteiger partial charge in [-0.1, -0.05) is 133 Å². The predicted molar refractivity (Wildman–Crippen MR) is 309 cm³/mol. The van der Waals surface area contributed by atoms with E-state index in [1.165, 1.54) is 0 Å². The second kappa shape index (κ2) is 19.0. The van der Waals surface area contributed by atoms with E-state index >= 15 is 0 Å². The van der Waals surface area contributed by atoms with E-state index in [4.69, 9.17) is 4.98 Å². The van der Waals surface area contributed by atoms with Crippen molar-refractivity contribution in [1.82, 2.24) is 14.1 Å². The van der Waals surface area contributed by atoms with Gasteiger partial charge in [0.15, 0.2) is 0 Å². The standard InChI is InChI=1S/C70H38N8/c71-39-44-9-17-48(18-10-44)53-25-29-58-59-30-26-54(49-19-11-45(40-72)12-20-49)34-67(59)77(66(58)33-53)65-38-62(64-8-4-7-63(76-64)52-5-2-1-3-6-52)70(37-57(65)43-75)78-68-35-55(50-21-13-46(41-73)14-22-50)27-31-60(68)61-32-28-56(36-69(61)78)51-23-15-47(42-74)16-24-51/h1-38H. The molecule has 0 atom stereocenters. The molecule has 78 heavy (non-hydrogen) atoms. The summed E-state index contributed by atoms with van der Waals surface area (Å²) in [6.45, 7) is 0. The van der Waals surface area contributed by atoms with Crippen LogP contribution in [0.15, 0.2) is 231 Å². The van der Waals surface area contributed by atoms with Gasteiger partial charge in [-0.2, -0.15) is 26.3 Å². The van der Waals surface area contributed by atoms with Crippen LogP contribution < -0.4 is 0 Å². The molecule has 0 N–H and O–H groups in total. The molecule has 0 saturated heterocycles. The summed E-state index contributed by atoms with van der Waals surface area (Å²) in [5.41, 5.74) is 18.4. The zero-order valence-electron chi connectivity index (χ0n) is 41.5. The monoisotopic (exact) mass is 990 g/mol. The Morgan fingerprint density at radius 1 is 0.269 bits per heavy atom. The van der Waals surface area contributed by atoms with E-state index < -0.39 is 0 Å². The van der Waals surface area contributed by atoms with Crippen molar-refractivity contribution in [3.05, 3.63) is 258 Å². The Morgan fingerprint density at radius 2 is 0.615 bits per heavy atom.